The van der Waals surface area contributed by atoms with E-state index in [2.05, 4.69) is 15.3 Å². The Morgan fingerprint density at radius 1 is 1.00 bits per heavy atom. The van der Waals surface area contributed by atoms with Crippen LogP contribution < -0.4 is 5.32 Å². The minimum atomic E-state index is 0.723. The Morgan fingerprint density at radius 2 is 1.95 bits per heavy atom. The number of aromatic nitrogens is 2. The van der Waals surface area contributed by atoms with Gasteiger partial charge >= 0.3 is 0 Å². The van der Waals surface area contributed by atoms with Crippen LogP contribution in [0.3, 0.4) is 0 Å². The second-order valence-corrected chi connectivity index (χ2v) is 4.13. The summed E-state index contributed by atoms with van der Waals surface area (Å²) in [5.74, 6) is 0. The van der Waals surface area contributed by atoms with Gasteiger partial charge in [-0.25, -0.2) is 0 Å². The van der Waals surface area contributed by atoms with E-state index in [1.165, 1.54) is 0 Å². The molecule has 4 heteroatoms. The molecule has 0 fully saturated rings. The van der Waals surface area contributed by atoms with Crippen LogP contribution in [0.25, 0.3) is 11.4 Å². The summed E-state index contributed by atoms with van der Waals surface area (Å²) < 4.78 is 5.02. The van der Waals surface area contributed by atoms with E-state index in [1.807, 2.05) is 42.6 Å². The normalized spacial score (nSPS) is 10.3. The van der Waals surface area contributed by atoms with E-state index in [-0.39, 0.29) is 0 Å². The summed E-state index contributed by atoms with van der Waals surface area (Å²) in [5.41, 5.74) is 3.83. The molecule has 0 radical (unpaired) electrons. The number of hydrogen-bond acceptors (Lipinski definition) is 4. The third-order valence-electron chi connectivity index (χ3n) is 2.77. The maximum atomic E-state index is 5.02. The number of anilines is 1. The maximum Gasteiger partial charge on any atom is 0.0952 e. The van der Waals surface area contributed by atoms with Crippen molar-refractivity contribution in [2.75, 3.05) is 5.32 Å². The molecule has 0 unspecified atom stereocenters. The number of nitrogens with zero attached hydrogens (tertiary/aromatic N) is 2. The standard InChI is InChI=1S/C15H13N3O/c1-2-7-16-14(3-1)15-5-4-13(10-18-15)17-9-12-6-8-19-11-12/h1-8,10-11,17H,9H2. The van der Waals surface area contributed by atoms with Gasteiger partial charge in [0.1, 0.15) is 0 Å². The van der Waals surface area contributed by atoms with E-state index in [1.54, 1.807) is 18.7 Å². The summed E-state index contributed by atoms with van der Waals surface area (Å²) in [4.78, 5) is 8.67. The number of furan rings is 1. The smallest absolute Gasteiger partial charge is 0.0952 e. The van der Waals surface area contributed by atoms with Crippen molar-refractivity contribution in [3.8, 4) is 11.4 Å². The summed E-state index contributed by atoms with van der Waals surface area (Å²) in [5, 5.41) is 3.28. The Kier molecular flexibility index (Phi) is 3.23. The third kappa shape index (κ3) is 2.80. The molecule has 0 aliphatic carbocycles. The number of pyridine rings is 2. The molecule has 0 amide bonds. The quantitative estimate of drug-likeness (QED) is 0.772. The zero-order valence-electron chi connectivity index (χ0n) is 10.3. The fraction of sp³-hybridized carbons (Fsp3) is 0.0667. The van der Waals surface area contributed by atoms with Crippen LogP contribution in [0.4, 0.5) is 5.69 Å². The molecule has 0 bridgehead atoms. The van der Waals surface area contributed by atoms with Crippen molar-refractivity contribution < 1.29 is 4.42 Å². The van der Waals surface area contributed by atoms with Gasteiger partial charge in [-0.3, -0.25) is 9.97 Å². The minimum absolute atomic E-state index is 0.723. The average molecular weight is 251 g/mol. The molecule has 3 aromatic heterocycles. The minimum Gasteiger partial charge on any atom is -0.472 e. The molecule has 1 N–H and O–H groups in total. The van der Waals surface area contributed by atoms with Crippen molar-refractivity contribution in [1.29, 1.82) is 0 Å². The van der Waals surface area contributed by atoms with Crippen LogP contribution in [-0.2, 0) is 6.54 Å². The summed E-state index contributed by atoms with van der Waals surface area (Å²) in [6.07, 6.45) is 6.97. The summed E-state index contributed by atoms with van der Waals surface area (Å²) in [6.45, 7) is 0.723. The van der Waals surface area contributed by atoms with Crippen LogP contribution in [0.15, 0.2) is 65.7 Å². The molecule has 0 aromatic carbocycles. The van der Waals surface area contributed by atoms with E-state index in [9.17, 15) is 0 Å². The molecule has 0 spiro atoms. The zero-order chi connectivity index (χ0) is 12.9. The molecule has 0 saturated heterocycles. The van der Waals surface area contributed by atoms with E-state index in [0.29, 0.717) is 0 Å². The van der Waals surface area contributed by atoms with E-state index >= 15 is 0 Å². The Balaban J connectivity index is 1.69. The molecular formula is C15H13N3O. The molecule has 94 valence electrons. The van der Waals surface area contributed by atoms with E-state index in [4.69, 9.17) is 4.42 Å². The Labute approximate surface area is 111 Å². The molecule has 0 saturated carbocycles. The van der Waals surface area contributed by atoms with Crippen molar-refractivity contribution in [3.63, 3.8) is 0 Å². The largest absolute Gasteiger partial charge is 0.472 e. The van der Waals surface area contributed by atoms with E-state index < -0.39 is 0 Å². The highest BCUT2D eigenvalue weighted by atomic mass is 16.3. The number of hydrogen-bond donors (Lipinski definition) is 1. The van der Waals surface area contributed by atoms with Crippen LogP contribution in [0.1, 0.15) is 5.56 Å². The van der Waals surface area contributed by atoms with Gasteiger partial charge in [0.2, 0.25) is 0 Å². The van der Waals surface area contributed by atoms with Crippen molar-refractivity contribution in [3.05, 3.63) is 66.9 Å². The van der Waals surface area contributed by atoms with Gasteiger partial charge in [0.05, 0.1) is 35.8 Å². The lowest BCUT2D eigenvalue weighted by Crippen LogP contribution is -1.98. The predicted octanol–water partition coefficient (Wildman–Crippen LogP) is 3.35. The second kappa shape index (κ2) is 5.35. The predicted molar refractivity (Wildman–Crippen MR) is 73.5 cm³/mol. The summed E-state index contributed by atoms with van der Waals surface area (Å²) in [6, 6.07) is 11.7. The van der Waals surface area contributed by atoms with Gasteiger partial charge in [-0.1, -0.05) is 6.07 Å². The first-order valence-corrected chi connectivity index (χ1v) is 6.04. The van der Waals surface area contributed by atoms with Crippen LogP contribution in [0.2, 0.25) is 0 Å². The van der Waals surface area contributed by atoms with Crippen molar-refractivity contribution in [1.82, 2.24) is 9.97 Å². The Hall–Kier alpha value is -2.62. The van der Waals surface area contributed by atoms with Crippen LogP contribution in [0, 0.1) is 0 Å². The Morgan fingerprint density at radius 3 is 2.63 bits per heavy atom. The molecule has 3 heterocycles. The van der Waals surface area contributed by atoms with Gasteiger partial charge in [0, 0.05) is 18.3 Å². The van der Waals surface area contributed by atoms with Gasteiger partial charge in [-0.15, -0.1) is 0 Å². The SMILES string of the molecule is c1ccc(-c2ccc(NCc3ccoc3)cn2)nc1. The molecule has 4 nitrogen and oxygen atoms in total. The fourth-order valence-electron chi connectivity index (χ4n) is 1.76. The highest BCUT2D eigenvalue weighted by molar-refractivity contribution is 5.56. The maximum absolute atomic E-state index is 5.02. The molecule has 0 aliphatic rings. The molecule has 0 atom stereocenters. The third-order valence-corrected chi connectivity index (χ3v) is 2.77. The molecule has 3 rings (SSSR count). The summed E-state index contributed by atoms with van der Waals surface area (Å²) >= 11 is 0. The molecular weight excluding hydrogens is 238 g/mol. The summed E-state index contributed by atoms with van der Waals surface area (Å²) in [7, 11) is 0. The highest BCUT2D eigenvalue weighted by Gasteiger charge is 2.00. The number of nitrogens with one attached hydrogen (secondary N) is 1. The lowest BCUT2D eigenvalue weighted by atomic mass is 10.2. The van der Waals surface area contributed by atoms with Gasteiger partial charge in [-0.2, -0.15) is 0 Å². The second-order valence-electron chi connectivity index (χ2n) is 4.13. The van der Waals surface area contributed by atoms with Gasteiger partial charge in [0.15, 0.2) is 0 Å². The topological polar surface area (TPSA) is 51.0 Å². The molecule has 19 heavy (non-hydrogen) atoms. The Bertz CT molecular complexity index is 618. The monoisotopic (exact) mass is 251 g/mol. The van der Waals surface area contributed by atoms with Crippen LogP contribution in [0.5, 0.6) is 0 Å². The van der Waals surface area contributed by atoms with Gasteiger partial charge in [-0.05, 0) is 30.3 Å². The van der Waals surface area contributed by atoms with Crippen molar-refractivity contribution in [2.24, 2.45) is 0 Å². The highest BCUT2D eigenvalue weighted by Crippen LogP contribution is 2.16. The fourth-order valence-corrected chi connectivity index (χ4v) is 1.76. The molecule has 0 aliphatic heterocycles. The van der Waals surface area contributed by atoms with Gasteiger partial charge < -0.3 is 9.73 Å². The average Bonchev–Trinajstić information content (AvgIpc) is 3.00. The van der Waals surface area contributed by atoms with Gasteiger partial charge in [0.25, 0.3) is 0 Å². The first kappa shape index (κ1) is 11.5. The van der Waals surface area contributed by atoms with Crippen LogP contribution in [-0.4, -0.2) is 9.97 Å². The molecule has 3 aromatic rings. The first-order chi connectivity index (χ1) is 9.42. The van der Waals surface area contributed by atoms with Crippen molar-refractivity contribution >= 4 is 5.69 Å². The zero-order valence-corrected chi connectivity index (χ0v) is 10.3. The van der Waals surface area contributed by atoms with E-state index in [0.717, 1.165) is 29.2 Å². The lowest BCUT2D eigenvalue weighted by Gasteiger charge is -2.05. The lowest BCUT2D eigenvalue weighted by molar-refractivity contribution is 0.564. The number of rotatable bonds is 4. The van der Waals surface area contributed by atoms with Crippen LogP contribution >= 0.6 is 0 Å². The van der Waals surface area contributed by atoms with Crippen molar-refractivity contribution in [2.45, 2.75) is 6.54 Å². The first-order valence-electron chi connectivity index (χ1n) is 6.04.